The van der Waals surface area contributed by atoms with Gasteiger partial charge in [-0.25, -0.2) is 9.40 Å². The molecule has 1 amide bonds. The van der Waals surface area contributed by atoms with Crippen molar-refractivity contribution in [1.29, 1.82) is 0 Å². The standard InChI is InChI=1S/C12H11FN2O3/c13-9-3-1-8(2-4-9)10-5-6-11(16)15(14-10)7-12(17)18/h1-4H,5-7H2,(H,17,18). The summed E-state index contributed by atoms with van der Waals surface area (Å²) in [5.74, 6) is -1.79. The summed E-state index contributed by atoms with van der Waals surface area (Å²) in [6.45, 7) is -0.455. The Hall–Kier alpha value is -2.24. The summed E-state index contributed by atoms with van der Waals surface area (Å²) in [6.07, 6.45) is 0.643. The Labute approximate surface area is 103 Å². The number of hydrogen-bond acceptors (Lipinski definition) is 3. The molecule has 94 valence electrons. The zero-order chi connectivity index (χ0) is 13.1. The van der Waals surface area contributed by atoms with Gasteiger partial charge in [-0.05, 0) is 17.7 Å². The molecule has 1 aromatic carbocycles. The minimum absolute atomic E-state index is 0.212. The maximum atomic E-state index is 12.8. The fourth-order valence-electron chi connectivity index (χ4n) is 1.70. The number of benzene rings is 1. The summed E-state index contributed by atoms with van der Waals surface area (Å²) < 4.78 is 12.8. The van der Waals surface area contributed by atoms with Crippen LogP contribution in [0.1, 0.15) is 18.4 Å². The molecule has 0 saturated heterocycles. The first-order valence-electron chi connectivity index (χ1n) is 5.42. The van der Waals surface area contributed by atoms with E-state index < -0.39 is 12.5 Å². The molecule has 1 aliphatic rings. The Bertz CT molecular complexity index is 511. The molecule has 2 rings (SSSR count). The van der Waals surface area contributed by atoms with Gasteiger partial charge in [0.05, 0.1) is 5.71 Å². The number of halogens is 1. The Morgan fingerprint density at radius 3 is 2.61 bits per heavy atom. The third kappa shape index (κ3) is 2.71. The van der Waals surface area contributed by atoms with Crippen molar-refractivity contribution in [2.24, 2.45) is 5.10 Å². The molecule has 0 atom stereocenters. The van der Waals surface area contributed by atoms with Gasteiger partial charge in [-0.15, -0.1) is 0 Å². The summed E-state index contributed by atoms with van der Waals surface area (Å²) in [4.78, 5) is 22.0. The lowest BCUT2D eigenvalue weighted by molar-refractivity contribution is -0.144. The highest BCUT2D eigenvalue weighted by atomic mass is 19.1. The first-order valence-corrected chi connectivity index (χ1v) is 5.42. The summed E-state index contributed by atoms with van der Waals surface area (Å²) in [5, 5.41) is 13.6. The fourth-order valence-corrected chi connectivity index (χ4v) is 1.70. The smallest absolute Gasteiger partial charge is 0.325 e. The van der Waals surface area contributed by atoms with E-state index in [1.165, 1.54) is 12.1 Å². The molecule has 0 spiro atoms. The molecule has 18 heavy (non-hydrogen) atoms. The van der Waals surface area contributed by atoms with E-state index in [-0.39, 0.29) is 18.1 Å². The van der Waals surface area contributed by atoms with Crippen molar-refractivity contribution in [2.75, 3.05) is 6.54 Å². The van der Waals surface area contributed by atoms with Gasteiger partial charge in [-0.3, -0.25) is 9.59 Å². The molecule has 0 fully saturated rings. The number of carbonyl (C=O) groups is 2. The van der Waals surface area contributed by atoms with Crippen molar-refractivity contribution in [3.8, 4) is 0 Å². The van der Waals surface area contributed by atoms with Crippen LogP contribution in [0, 0.1) is 5.82 Å². The second-order valence-corrected chi connectivity index (χ2v) is 3.90. The molecule has 1 aromatic rings. The zero-order valence-corrected chi connectivity index (χ0v) is 9.47. The lowest BCUT2D eigenvalue weighted by Crippen LogP contribution is -2.35. The van der Waals surface area contributed by atoms with Gasteiger partial charge in [-0.1, -0.05) is 12.1 Å². The first kappa shape index (κ1) is 12.2. The van der Waals surface area contributed by atoms with E-state index in [0.29, 0.717) is 17.7 Å². The molecule has 0 saturated carbocycles. The topological polar surface area (TPSA) is 70.0 Å². The second-order valence-electron chi connectivity index (χ2n) is 3.90. The summed E-state index contributed by atoms with van der Waals surface area (Å²) in [7, 11) is 0. The monoisotopic (exact) mass is 250 g/mol. The van der Waals surface area contributed by atoms with Gasteiger partial charge in [0.25, 0.3) is 0 Å². The number of carboxylic acids is 1. The van der Waals surface area contributed by atoms with Crippen molar-refractivity contribution in [3.63, 3.8) is 0 Å². The Morgan fingerprint density at radius 2 is 2.00 bits per heavy atom. The number of nitrogens with zero attached hydrogens (tertiary/aromatic N) is 2. The number of rotatable bonds is 3. The third-order valence-corrected chi connectivity index (χ3v) is 2.57. The van der Waals surface area contributed by atoms with Crippen LogP contribution in [0.4, 0.5) is 4.39 Å². The highest BCUT2D eigenvalue weighted by Gasteiger charge is 2.22. The van der Waals surface area contributed by atoms with Crippen molar-refractivity contribution < 1.29 is 19.1 Å². The Morgan fingerprint density at radius 1 is 1.33 bits per heavy atom. The molecule has 0 radical (unpaired) electrons. The van der Waals surface area contributed by atoms with Crippen molar-refractivity contribution in [3.05, 3.63) is 35.6 Å². The molecular weight excluding hydrogens is 239 g/mol. The van der Waals surface area contributed by atoms with E-state index in [2.05, 4.69) is 5.10 Å². The Kier molecular flexibility index (Phi) is 3.36. The maximum absolute atomic E-state index is 12.8. The van der Waals surface area contributed by atoms with Gasteiger partial charge in [0.1, 0.15) is 12.4 Å². The molecule has 0 aliphatic carbocycles. The van der Waals surface area contributed by atoms with Crippen LogP contribution in [0.25, 0.3) is 0 Å². The van der Waals surface area contributed by atoms with Crippen LogP contribution in [0.3, 0.4) is 0 Å². The lowest BCUT2D eigenvalue weighted by atomic mass is 10.0. The molecule has 6 heteroatoms. The molecule has 5 nitrogen and oxygen atoms in total. The highest BCUT2D eigenvalue weighted by molar-refractivity contribution is 6.04. The molecule has 0 unspecified atom stereocenters. The van der Waals surface area contributed by atoms with E-state index in [1.807, 2.05) is 0 Å². The predicted molar refractivity (Wildman–Crippen MR) is 61.5 cm³/mol. The van der Waals surface area contributed by atoms with Gasteiger partial charge in [-0.2, -0.15) is 5.10 Å². The van der Waals surface area contributed by atoms with Crippen LogP contribution in [0.5, 0.6) is 0 Å². The van der Waals surface area contributed by atoms with Crippen molar-refractivity contribution in [1.82, 2.24) is 5.01 Å². The number of amides is 1. The third-order valence-electron chi connectivity index (χ3n) is 2.57. The van der Waals surface area contributed by atoms with Crippen LogP contribution in [-0.2, 0) is 9.59 Å². The lowest BCUT2D eigenvalue weighted by Gasteiger charge is -2.22. The first-order chi connectivity index (χ1) is 8.56. The maximum Gasteiger partial charge on any atom is 0.325 e. The van der Waals surface area contributed by atoms with E-state index >= 15 is 0 Å². The number of aliphatic carboxylic acids is 1. The SMILES string of the molecule is O=C(O)CN1N=C(c2ccc(F)cc2)CCC1=O. The van der Waals surface area contributed by atoms with E-state index in [9.17, 15) is 14.0 Å². The minimum Gasteiger partial charge on any atom is -0.480 e. The molecule has 0 bridgehead atoms. The van der Waals surface area contributed by atoms with Gasteiger partial charge in [0.15, 0.2) is 0 Å². The average Bonchev–Trinajstić information content (AvgIpc) is 2.32. The molecule has 1 aliphatic heterocycles. The van der Waals surface area contributed by atoms with Crippen LogP contribution < -0.4 is 0 Å². The minimum atomic E-state index is -1.12. The highest BCUT2D eigenvalue weighted by Crippen LogP contribution is 2.15. The van der Waals surface area contributed by atoms with Crippen LogP contribution in [-0.4, -0.2) is 34.2 Å². The van der Waals surface area contributed by atoms with Gasteiger partial charge < -0.3 is 5.11 Å². The molecule has 1 N–H and O–H groups in total. The Balaban J connectivity index is 2.25. The second kappa shape index (κ2) is 4.95. The number of carbonyl (C=O) groups excluding carboxylic acids is 1. The zero-order valence-electron chi connectivity index (χ0n) is 9.47. The number of carboxylic acid groups (broad SMARTS) is 1. The number of hydrogen-bond donors (Lipinski definition) is 1. The predicted octanol–water partition coefficient (Wildman–Crippen LogP) is 1.24. The summed E-state index contributed by atoms with van der Waals surface area (Å²) in [5.41, 5.74) is 1.29. The van der Waals surface area contributed by atoms with Crippen LogP contribution in [0.2, 0.25) is 0 Å². The van der Waals surface area contributed by atoms with Crippen LogP contribution >= 0.6 is 0 Å². The molecular formula is C12H11FN2O3. The largest absolute Gasteiger partial charge is 0.480 e. The van der Waals surface area contributed by atoms with Gasteiger partial charge >= 0.3 is 5.97 Å². The summed E-state index contributed by atoms with van der Waals surface area (Å²) >= 11 is 0. The van der Waals surface area contributed by atoms with Gasteiger partial charge in [0, 0.05) is 12.8 Å². The van der Waals surface area contributed by atoms with E-state index in [0.717, 1.165) is 5.01 Å². The van der Waals surface area contributed by atoms with Gasteiger partial charge in [0.2, 0.25) is 5.91 Å². The van der Waals surface area contributed by atoms with Crippen molar-refractivity contribution in [2.45, 2.75) is 12.8 Å². The van der Waals surface area contributed by atoms with Crippen LogP contribution in [0.15, 0.2) is 29.4 Å². The van der Waals surface area contributed by atoms with E-state index in [1.54, 1.807) is 12.1 Å². The molecule has 0 aromatic heterocycles. The molecule has 1 heterocycles. The average molecular weight is 250 g/mol. The number of hydrazone groups is 1. The normalized spacial score (nSPS) is 15.5. The summed E-state index contributed by atoms with van der Waals surface area (Å²) in [6, 6.07) is 5.72. The van der Waals surface area contributed by atoms with Crippen molar-refractivity contribution >= 4 is 17.6 Å². The quantitative estimate of drug-likeness (QED) is 0.877. The fraction of sp³-hybridized carbons (Fsp3) is 0.250. The van der Waals surface area contributed by atoms with E-state index in [4.69, 9.17) is 5.11 Å².